The molecule has 0 aromatic carbocycles. The van der Waals surface area contributed by atoms with Crippen molar-refractivity contribution >= 4 is 17.2 Å². The predicted octanol–water partition coefficient (Wildman–Crippen LogP) is 2.51. The lowest BCUT2D eigenvalue weighted by Crippen LogP contribution is -2.31. The van der Waals surface area contributed by atoms with Gasteiger partial charge in [-0.3, -0.25) is 4.79 Å². The summed E-state index contributed by atoms with van der Waals surface area (Å²) in [7, 11) is 0. The third-order valence-electron chi connectivity index (χ3n) is 3.06. The molecule has 20 heavy (non-hydrogen) atoms. The molecule has 0 aliphatic rings. The van der Waals surface area contributed by atoms with Crippen molar-refractivity contribution in [3.05, 3.63) is 16.1 Å². The number of hydrogen-bond acceptors (Lipinski definition) is 4. The number of rotatable bonds is 6. The van der Waals surface area contributed by atoms with E-state index in [0.717, 1.165) is 17.1 Å². The zero-order valence-corrected chi connectivity index (χ0v) is 13.9. The minimum absolute atomic E-state index is 0.0769. The molecule has 1 unspecified atom stereocenters. The van der Waals surface area contributed by atoms with E-state index in [1.165, 1.54) is 0 Å². The summed E-state index contributed by atoms with van der Waals surface area (Å²) in [4.78, 5) is 16.2. The molecule has 4 nitrogen and oxygen atoms in total. The monoisotopic (exact) mass is 298 g/mol. The molecule has 1 aromatic rings. The van der Waals surface area contributed by atoms with Gasteiger partial charge in [0.15, 0.2) is 0 Å². The first kappa shape index (κ1) is 17.1. The Bertz CT molecular complexity index is 435. The van der Waals surface area contributed by atoms with Crippen LogP contribution in [0.15, 0.2) is 5.38 Å². The van der Waals surface area contributed by atoms with Crippen LogP contribution in [0, 0.1) is 5.92 Å². The van der Waals surface area contributed by atoms with Crippen molar-refractivity contribution in [1.29, 1.82) is 0 Å². The number of nitrogens with one attached hydrogen (secondary N) is 1. The first-order valence-electron chi connectivity index (χ1n) is 7.09. The molecule has 0 spiro atoms. The van der Waals surface area contributed by atoms with Crippen LogP contribution < -0.4 is 5.32 Å². The normalized spacial score (nSPS) is 13.6. The number of carbonyl (C=O) groups excluding carboxylic acids is 1. The third-order valence-corrected chi connectivity index (χ3v) is 4.38. The largest absolute Gasteiger partial charge is 0.392 e. The molecule has 0 fully saturated rings. The van der Waals surface area contributed by atoms with Crippen LogP contribution in [0.25, 0.3) is 0 Å². The SMILES string of the molecule is CC(C)C(O)CC(=O)NCCc1csc(C(C)(C)C)n1. The Kier molecular flexibility index (Phi) is 6.14. The van der Waals surface area contributed by atoms with Crippen LogP contribution >= 0.6 is 11.3 Å². The van der Waals surface area contributed by atoms with E-state index in [-0.39, 0.29) is 23.7 Å². The summed E-state index contributed by atoms with van der Waals surface area (Å²) in [5.41, 5.74) is 1.10. The maximum Gasteiger partial charge on any atom is 0.222 e. The van der Waals surface area contributed by atoms with Crippen LogP contribution in [-0.2, 0) is 16.6 Å². The number of aliphatic hydroxyl groups is 1. The molecule has 114 valence electrons. The van der Waals surface area contributed by atoms with Gasteiger partial charge in [-0.25, -0.2) is 4.98 Å². The van der Waals surface area contributed by atoms with Crippen molar-refractivity contribution in [2.24, 2.45) is 5.92 Å². The lowest BCUT2D eigenvalue weighted by atomic mass is 9.98. The van der Waals surface area contributed by atoms with Crippen LogP contribution in [0.2, 0.25) is 0 Å². The van der Waals surface area contributed by atoms with E-state index in [2.05, 4.69) is 36.5 Å². The van der Waals surface area contributed by atoms with E-state index in [1.807, 2.05) is 13.8 Å². The molecule has 5 heteroatoms. The quantitative estimate of drug-likeness (QED) is 0.848. The highest BCUT2D eigenvalue weighted by molar-refractivity contribution is 7.09. The number of carbonyl (C=O) groups is 1. The summed E-state index contributed by atoms with van der Waals surface area (Å²) in [6.07, 6.45) is 0.333. The molecule has 1 heterocycles. The average Bonchev–Trinajstić information content (AvgIpc) is 2.77. The first-order valence-corrected chi connectivity index (χ1v) is 7.97. The molecule has 0 bridgehead atoms. The lowest BCUT2D eigenvalue weighted by molar-refractivity contribution is -0.123. The Morgan fingerprint density at radius 3 is 2.60 bits per heavy atom. The molecule has 0 saturated heterocycles. The molecule has 0 aliphatic carbocycles. The van der Waals surface area contributed by atoms with E-state index in [0.29, 0.717) is 6.54 Å². The van der Waals surface area contributed by atoms with Gasteiger partial charge in [0.2, 0.25) is 5.91 Å². The third kappa shape index (κ3) is 5.59. The van der Waals surface area contributed by atoms with Gasteiger partial charge < -0.3 is 10.4 Å². The predicted molar refractivity (Wildman–Crippen MR) is 83.0 cm³/mol. The maximum absolute atomic E-state index is 11.6. The van der Waals surface area contributed by atoms with Crippen molar-refractivity contribution in [1.82, 2.24) is 10.3 Å². The Balaban J connectivity index is 2.34. The van der Waals surface area contributed by atoms with Gasteiger partial charge in [-0.1, -0.05) is 34.6 Å². The highest BCUT2D eigenvalue weighted by atomic mass is 32.1. The van der Waals surface area contributed by atoms with Crippen molar-refractivity contribution in [3.8, 4) is 0 Å². The summed E-state index contributed by atoms with van der Waals surface area (Å²) >= 11 is 1.67. The van der Waals surface area contributed by atoms with Gasteiger partial charge in [-0.15, -0.1) is 11.3 Å². The van der Waals surface area contributed by atoms with Crippen molar-refractivity contribution in [2.75, 3.05) is 6.54 Å². The summed E-state index contributed by atoms with van der Waals surface area (Å²) in [5, 5.41) is 15.6. The van der Waals surface area contributed by atoms with E-state index in [9.17, 15) is 9.90 Å². The van der Waals surface area contributed by atoms with Gasteiger partial charge in [-0.05, 0) is 5.92 Å². The smallest absolute Gasteiger partial charge is 0.222 e. The van der Waals surface area contributed by atoms with Crippen LogP contribution in [0.3, 0.4) is 0 Å². The Hall–Kier alpha value is -0.940. The van der Waals surface area contributed by atoms with Crippen molar-refractivity contribution < 1.29 is 9.90 Å². The number of nitrogens with zero attached hydrogens (tertiary/aromatic N) is 1. The molecule has 0 saturated carbocycles. The molecule has 1 atom stereocenters. The van der Waals surface area contributed by atoms with Gasteiger partial charge in [0, 0.05) is 23.8 Å². The lowest BCUT2D eigenvalue weighted by Gasteiger charge is -2.14. The average molecular weight is 298 g/mol. The highest BCUT2D eigenvalue weighted by Gasteiger charge is 2.18. The molecule has 1 aromatic heterocycles. The van der Waals surface area contributed by atoms with Crippen LogP contribution in [0.1, 0.15) is 51.7 Å². The maximum atomic E-state index is 11.6. The second kappa shape index (κ2) is 7.18. The molecule has 0 radical (unpaired) electrons. The summed E-state index contributed by atoms with van der Waals surface area (Å²) in [5.74, 6) is 0.00566. The second-order valence-corrected chi connectivity index (χ2v) is 7.37. The highest BCUT2D eigenvalue weighted by Crippen LogP contribution is 2.25. The minimum Gasteiger partial charge on any atom is -0.392 e. The molecule has 0 aliphatic heterocycles. The number of hydrogen-bond donors (Lipinski definition) is 2. The number of thiazole rings is 1. The summed E-state index contributed by atoms with van der Waals surface area (Å²) in [6, 6.07) is 0. The summed E-state index contributed by atoms with van der Waals surface area (Å²) in [6.45, 7) is 10.8. The molecular weight excluding hydrogens is 272 g/mol. The van der Waals surface area contributed by atoms with E-state index >= 15 is 0 Å². The van der Waals surface area contributed by atoms with Gasteiger partial charge in [-0.2, -0.15) is 0 Å². The molecule has 1 rings (SSSR count). The van der Waals surface area contributed by atoms with Crippen LogP contribution in [0.4, 0.5) is 0 Å². The van der Waals surface area contributed by atoms with Gasteiger partial charge in [0.1, 0.15) is 0 Å². The van der Waals surface area contributed by atoms with Gasteiger partial charge in [0.05, 0.1) is 23.2 Å². The fourth-order valence-corrected chi connectivity index (χ4v) is 2.54. The number of aromatic nitrogens is 1. The Morgan fingerprint density at radius 1 is 1.45 bits per heavy atom. The fraction of sp³-hybridized carbons (Fsp3) is 0.733. The van der Waals surface area contributed by atoms with Crippen molar-refractivity contribution in [2.45, 2.75) is 59.0 Å². The van der Waals surface area contributed by atoms with Gasteiger partial charge in [0.25, 0.3) is 0 Å². The van der Waals surface area contributed by atoms with Crippen molar-refractivity contribution in [3.63, 3.8) is 0 Å². The minimum atomic E-state index is -0.568. The Labute approximate surface area is 125 Å². The topological polar surface area (TPSA) is 62.2 Å². The number of amides is 1. The Morgan fingerprint density at radius 2 is 2.10 bits per heavy atom. The zero-order valence-electron chi connectivity index (χ0n) is 13.1. The second-order valence-electron chi connectivity index (χ2n) is 6.51. The standard InChI is InChI=1S/C15H26N2O2S/c1-10(2)12(18)8-13(19)16-7-6-11-9-20-14(17-11)15(3,4)5/h9-10,12,18H,6-8H2,1-5H3,(H,16,19). The zero-order chi connectivity index (χ0) is 15.3. The first-order chi connectivity index (χ1) is 9.20. The molecule has 1 amide bonds. The van der Waals surface area contributed by atoms with E-state index in [4.69, 9.17) is 0 Å². The number of aliphatic hydroxyl groups excluding tert-OH is 1. The molecular formula is C15H26N2O2S. The van der Waals surface area contributed by atoms with Crippen LogP contribution in [0.5, 0.6) is 0 Å². The molecule has 2 N–H and O–H groups in total. The summed E-state index contributed by atoms with van der Waals surface area (Å²) < 4.78 is 0. The van der Waals surface area contributed by atoms with E-state index in [1.54, 1.807) is 11.3 Å². The van der Waals surface area contributed by atoms with Gasteiger partial charge >= 0.3 is 0 Å². The van der Waals surface area contributed by atoms with Crippen LogP contribution in [-0.4, -0.2) is 28.6 Å². The van der Waals surface area contributed by atoms with E-state index < -0.39 is 6.10 Å². The fourth-order valence-electron chi connectivity index (χ4n) is 1.59.